The lowest BCUT2D eigenvalue weighted by atomic mass is 10.1. The van der Waals surface area contributed by atoms with E-state index in [-0.39, 0.29) is 24.9 Å². The van der Waals surface area contributed by atoms with Gasteiger partial charge in [-0.15, -0.1) is 0 Å². The van der Waals surface area contributed by atoms with Crippen LogP contribution in [-0.2, 0) is 20.9 Å². The van der Waals surface area contributed by atoms with E-state index < -0.39 is 11.7 Å². The number of para-hydroxylation sites is 2. The van der Waals surface area contributed by atoms with Gasteiger partial charge >= 0.3 is 6.09 Å². The smallest absolute Gasteiger partial charge is 0.408 e. The predicted octanol–water partition coefficient (Wildman–Crippen LogP) is 3.49. The number of carbonyl (C=O) groups excluding carboxylic acids is 3. The molecule has 3 N–H and O–H groups in total. The van der Waals surface area contributed by atoms with E-state index in [9.17, 15) is 14.4 Å². The molecule has 170 valence electrons. The van der Waals surface area contributed by atoms with Crippen molar-refractivity contribution in [2.75, 3.05) is 19.0 Å². The van der Waals surface area contributed by atoms with Gasteiger partial charge in [-0.2, -0.15) is 0 Å². The van der Waals surface area contributed by atoms with Crippen LogP contribution >= 0.6 is 0 Å². The van der Waals surface area contributed by atoms with Crippen molar-refractivity contribution in [3.8, 4) is 5.75 Å². The fraction of sp³-hybridized carbons (Fsp3) is 0.292. The molecule has 0 radical (unpaired) electrons. The van der Waals surface area contributed by atoms with Crippen LogP contribution in [0.2, 0.25) is 0 Å². The second kappa shape index (κ2) is 11.5. The van der Waals surface area contributed by atoms with E-state index in [2.05, 4.69) is 16.0 Å². The van der Waals surface area contributed by atoms with Crippen molar-refractivity contribution < 1.29 is 23.9 Å². The number of ether oxygens (including phenoxy) is 2. The summed E-state index contributed by atoms with van der Waals surface area (Å²) in [6.45, 7) is 5.18. The van der Waals surface area contributed by atoms with Crippen LogP contribution in [0.25, 0.3) is 6.08 Å². The largest absolute Gasteiger partial charge is 0.496 e. The van der Waals surface area contributed by atoms with Gasteiger partial charge in [-0.1, -0.05) is 36.4 Å². The summed E-state index contributed by atoms with van der Waals surface area (Å²) in [7, 11) is 1.57. The van der Waals surface area contributed by atoms with Gasteiger partial charge in [0.05, 0.1) is 7.11 Å². The molecule has 32 heavy (non-hydrogen) atoms. The average molecular weight is 440 g/mol. The number of carbonyl (C=O) groups is 3. The van der Waals surface area contributed by atoms with Gasteiger partial charge in [0.15, 0.2) is 0 Å². The first kappa shape index (κ1) is 24.5. The van der Waals surface area contributed by atoms with Crippen LogP contribution < -0.4 is 20.7 Å². The number of alkyl carbamates (subject to hydrolysis) is 1. The Morgan fingerprint density at radius 2 is 1.66 bits per heavy atom. The maximum Gasteiger partial charge on any atom is 0.408 e. The van der Waals surface area contributed by atoms with Crippen LogP contribution in [-0.4, -0.2) is 37.2 Å². The molecular formula is C24H29N3O5. The van der Waals surface area contributed by atoms with Crippen molar-refractivity contribution in [1.82, 2.24) is 10.6 Å². The van der Waals surface area contributed by atoms with E-state index >= 15 is 0 Å². The van der Waals surface area contributed by atoms with Gasteiger partial charge in [0, 0.05) is 23.9 Å². The molecule has 2 rings (SSSR count). The summed E-state index contributed by atoms with van der Waals surface area (Å²) < 4.78 is 10.4. The maximum absolute atomic E-state index is 12.4. The van der Waals surface area contributed by atoms with E-state index in [1.54, 1.807) is 58.2 Å². The van der Waals surface area contributed by atoms with Crippen molar-refractivity contribution in [1.29, 1.82) is 0 Å². The molecule has 8 heteroatoms. The predicted molar refractivity (Wildman–Crippen MR) is 123 cm³/mol. The number of nitrogens with one attached hydrogen (secondary N) is 3. The highest BCUT2D eigenvalue weighted by atomic mass is 16.6. The zero-order chi connectivity index (χ0) is 23.6. The zero-order valence-corrected chi connectivity index (χ0v) is 18.7. The topological polar surface area (TPSA) is 106 Å². The lowest BCUT2D eigenvalue weighted by molar-refractivity contribution is -0.120. The highest BCUT2D eigenvalue weighted by Gasteiger charge is 2.16. The number of hydrogen-bond donors (Lipinski definition) is 3. The van der Waals surface area contributed by atoms with Crippen LogP contribution in [0.1, 0.15) is 31.9 Å². The third kappa shape index (κ3) is 8.51. The highest BCUT2D eigenvalue weighted by molar-refractivity contribution is 6.02. The van der Waals surface area contributed by atoms with Gasteiger partial charge in [-0.3, -0.25) is 9.59 Å². The first-order chi connectivity index (χ1) is 15.2. The SMILES string of the molecule is COc1ccccc1/C=C/C(=O)Nc1ccccc1CNC(=O)CNC(=O)OC(C)(C)C. The number of methoxy groups -OCH3 is 1. The van der Waals surface area contributed by atoms with E-state index in [4.69, 9.17) is 9.47 Å². The highest BCUT2D eigenvalue weighted by Crippen LogP contribution is 2.19. The molecular weight excluding hydrogens is 410 g/mol. The van der Waals surface area contributed by atoms with Crippen LogP contribution in [0, 0.1) is 0 Å². The summed E-state index contributed by atoms with van der Waals surface area (Å²) in [5.74, 6) is -0.0333. The summed E-state index contributed by atoms with van der Waals surface area (Å²) in [4.78, 5) is 36.1. The molecule has 0 spiro atoms. The molecule has 0 heterocycles. The van der Waals surface area contributed by atoms with Crippen molar-refractivity contribution in [2.45, 2.75) is 32.9 Å². The Labute approximate surface area is 188 Å². The Bertz CT molecular complexity index is 980. The molecule has 0 aliphatic carbocycles. The summed E-state index contributed by atoms with van der Waals surface area (Å²) in [5.41, 5.74) is 1.43. The zero-order valence-electron chi connectivity index (χ0n) is 18.7. The minimum absolute atomic E-state index is 0.182. The van der Waals surface area contributed by atoms with E-state index in [0.717, 1.165) is 11.1 Å². The molecule has 0 aliphatic heterocycles. The third-order valence-electron chi connectivity index (χ3n) is 4.10. The number of rotatable bonds is 8. The Hall–Kier alpha value is -3.81. The van der Waals surface area contributed by atoms with Crippen molar-refractivity contribution in [3.05, 3.63) is 65.7 Å². The quantitative estimate of drug-likeness (QED) is 0.546. The molecule has 2 aromatic carbocycles. The van der Waals surface area contributed by atoms with Gasteiger partial charge in [-0.25, -0.2) is 4.79 Å². The molecule has 0 atom stereocenters. The lowest BCUT2D eigenvalue weighted by Gasteiger charge is -2.19. The molecule has 0 saturated heterocycles. The molecule has 0 unspecified atom stereocenters. The van der Waals surface area contributed by atoms with Gasteiger partial charge in [0.1, 0.15) is 17.9 Å². The van der Waals surface area contributed by atoms with Gasteiger partial charge in [-0.05, 0) is 44.5 Å². The van der Waals surface area contributed by atoms with Crippen LogP contribution in [0.4, 0.5) is 10.5 Å². The van der Waals surface area contributed by atoms with Crippen molar-refractivity contribution in [3.63, 3.8) is 0 Å². The number of benzene rings is 2. The van der Waals surface area contributed by atoms with Crippen LogP contribution in [0.5, 0.6) is 5.75 Å². The summed E-state index contributed by atoms with van der Waals surface area (Å²) in [6, 6.07) is 14.5. The first-order valence-electron chi connectivity index (χ1n) is 10.1. The summed E-state index contributed by atoms with van der Waals surface area (Å²) in [6.07, 6.45) is 2.42. The second-order valence-electron chi connectivity index (χ2n) is 7.85. The molecule has 0 fully saturated rings. The van der Waals surface area contributed by atoms with Gasteiger partial charge in [0.25, 0.3) is 0 Å². The summed E-state index contributed by atoms with van der Waals surface area (Å²) in [5, 5.41) is 7.92. The van der Waals surface area contributed by atoms with E-state index in [1.807, 2.05) is 24.3 Å². The molecule has 0 saturated carbocycles. The monoisotopic (exact) mass is 439 g/mol. The normalized spacial score (nSPS) is 11.0. The number of amides is 3. The molecule has 0 bridgehead atoms. The molecule has 0 aromatic heterocycles. The van der Waals surface area contributed by atoms with Crippen LogP contribution in [0.3, 0.4) is 0 Å². The number of anilines is 1. The van der Waals surface area contributed by atoms with Crippen molar-refractivity contribution in [2.24, 2.45) is 0 Å². The molecule has 8 nitrogen and oxygen atoms in total. The Balaban J connectivity index is 1.90. The Morgan fingerprint density at radius 3 is 2.38 bits per heavy atom. The summed E-state index contributed by atoms with van der Waals surface area (Å²) >= 11 is 0. The standard InChI is InChI=1S/C24H29N3O5/c1-24(2,3)32-23(30)26-16-22(29)25-15-18-10-5-7-11-19(18)27-21(28)14-13-17-9-6-8-12-20(17)31-4/h5-14H,15-16H2,1-4H3,(H,25,29)(H,26,30)(H,27,28)/b14-13+. The molecule has 2 aromatic rings. The third-order valence-corrected chi connectivity index (χ3v) is 4.10. The average Bonchev–Trinajstić information content (AvgIpc) is 2.74. The number of hydrogen-bond acceptors (Lipinski definition) is 5. The van der Waals surface area contributed by atoms with Crippen LogP contribution in [0.15, 0.2) is 54.6 Å². The Kier molecular flexibility index (Phi) is 8.83. The fourth-order valence-corrected chi connectivity index (χ4v) is 2.66. The Morgan fingerprint density at radius 1 is 0.969 bits per heavy atom. The molecule has 0 aliphatic rings. The second-order valence-corrected chi connectivity index (χ2v) is 7.85. The van der Waals surface area contributed by atoms with E-state index in [0.29, 0.717) is 11.4 Å². The first-order valence-corrected chi connectivity index (χ1v) is 10.1. The van der Waals surface area contributed by atoms with E-state index in [1.165, 1.54) is 6.08 Å². The van der Waals surface area contributed by atoms with Crippen molar-refractivity contribution >= 4 is 29.7 Å². The minimum Gasteiger partial charge on any atom is -0.496 e. The maximum atomic E-state index is 12.4. The fourth-order valence-electron chi connectivity index (χ4n) is 2.66. The minimum atomic E-state index is -0.665. The lowest BCUT2D eigenvalue weighted by Crippen LogP contribution is -2.39. The molecule has 3 amide bonds. The van der Waals surface area contributed by atoms with Gasteiger partial charge < -0.3 is 25.4 Å². The van der Waals surface area contributed by atoms with Gasteiger partial charge in [0.2, 0.25) is 11.8 Å².